The molecule has 0 atom stereocenters. The minimum Gasteiger partial charge on any atom is -0.506 e. The second-order valence-electron chi connectivity index (χ2n) is 7.12. The Labute approximate surface area is 134 Å². The number of aromatic hydroxyl groups is 1. The summed E-state index contributed by atoms with van der Waals surface area (Å²) < 4.78 is 3.49. The molecule has 3 aromatic rings. The number of nitrogens with zero attached hydrogens (tertiary/aromatic N) is 3. The summed E-state index contributed by atoms with van der Waals surface area (Å²) in [6, 6.07) is 7.55. The third kappa shape index (κ3) is 2.86. The van der Waals surface area contributed by atoms with Crippen molar-refractivity contribution < 1.29 is 5.11 Å². The molecule has 0 spiro atoms. The predicted octanol–water partition coefficient (Wildman–Crippen LogP) is 3.15. The highest BCUT2D eigenvalue weighted by Gasteiger charge is 2.18. The summed E-state index contributed by atoms with van der Waals surface area (Å²) >= 11 is 0. The Kier molecular flexibility index (Phi) is 3.51. The molecule has 120 valence electrons. The predicted molar refractivity (Wildman–Crippen MR) is 91.5 cm³/mol. The molecule has 0 aliphatic heterocycles. The Bertz CT molecular complexity index is 930. The number of aryl methyl sites for hydroxylation is 1. The fourth-order valence-electron chi connectivity index (χ4n) is 2.80. The van der Waals surface area contributed by atoms with Crippen molar-refractivity contribution in [1.29, 1.82) is 0 Å². The van der Waals surface area contributed by atoms with Crippen molar-refractivity contribution in [2.45, 2.75) is 27.3 Å². The number of hydrogen-bond acceptors (Lipinski definition) is 3. The first kappa shape index (κ1) is 15.3. The van der Waals surface area contributed by atoms with Gasteiger partial charge in [0.25, 0.3) is 0 Å². The molecule has 2 heterocycles. The van der Waals surface area contributed by atoms with Gasteiger partial charge in [-0.15, -0.1) is 0 Å². The average Bonchev–Trinajstić information content (AvgIpc) is 2.71. The number of rotatable bonds is 2. The van der Waals surface area contributed by atoms with E-state index in [0.717, 1.165) is 22.2 Å². The van der Waals surface area contributed by atoms with Crippen molar-refractivity contribution >= 4 is 11.0 Å². The Morgan fingerprint density at radius 3 is 2.48 bits per heavy atom. The number of benzene rings is 1. The summed E-state index contributed by atoms with van der Waals surface area (Å²) in [6.07, 6.45) is 3.10. The minimum atomic E-state index is -0.0129. The van der Waals surface area contributed by atoms with E-state index in [9.17, 15) is 9.90 Å². The maximum atomic E-state index is 12.5. The Balaban J connectivity index is 2.18. The van der Waals surface area contributed by atoms with Crippen LogP contribution in [0.2, 0.25) is 0 Å². The molecule has 3 rings (SSSR count). The van der Waals surface area contributed by atoms with Crippen LogP contribution in [0.4, 0.5) is 0 Å². The van der Waals surface area contributed by atoms with Crippen LogP contribution in [0, 0.1) is 5.41 Å². The van der Waals surface area contributed by atoms with Crippen LogP contribution in [0.5, 0.6) is 5.75 Å². The average molecular weight is 311 g/mol. The number of pyridine rings is 1. The second-order valence-corrected chi connectivity index (χ2v) is 7.12. The van der Waals surface area contributed by atoms with Crippen molar-refractivity contribution in [3.63, 3.8) is 0 Å². The first-order chi connectivity index (χ1) is 10.8. The Hall–Kier alpha value is -2.56. The van der Waals surface area contributed by atoms with E-state index >= 15 is 0 Å². The minimum absolute atomic E-state index is 0.0129. The van der Waals surface area contributed by atoms with Gasteiger partial charge in [0.05, 0.1) is 17.2 Å². The summed E-state index contributed by atoms with van der Waals surface area (Å²) in [4.78, 5) is 16.6. The number of hydrogen-bond donors (Lipinski definition) is 1. The lowest BCUT2D eigenvalue weighted by Gasteiger charge is -2.18. The van der Waals surface area contributed by atoms with Crippen LogP contribution < -0.4 is 5.69 Å². The van der Waals surface area contributed by atoms with Crippen LogP contribution >= 0.6 is 0 Å². The molecule has 0 fully saturated rings. The molecule has 0 aliphatic rings. The molecule has 0 radical (unpaired) electrons. The van der Waals surface area contributed by atoms with Crippen molar-refractivity contribution in [2.75, 3.05) is 0 Å². The van der Waals surface area contributed by atoms with E-state index in [2.05, 4.69) is 25.8 Å². The van der Waals surface area contributed by atoms with Crippen LogP contribution in [-0.2, 0) is 13.6 Å². The smallest absolute Gasteiger partial charge is 0.328 e. The van der Waals surface area contributed by atoms with Crippen LogP contribution in [0.1, 0.15) is 20.8 Å². The second kappa shape index (κ2) is 5.26. The van der Waals surface area contributed by atoms with Gasteiger partial charge >= 0.3 is 5.69 Å². The van der Waals surface area contributed by atoms with E-state index in [0.29, 0.717) is 6.54 Å². The summed E-state index contributed by atoms with van der Waals surface area (Å²) in [5, 5.41) is 9.60. The highest BCUT2D eigenvalue weighted by atomic mass is 16.3. The molecule has 23 heavy (non-hydrogen) atoms. The molecule has 0 unspecified atom stereocenters. The molecule has 0 saturated carbocycles. The van der Waals surface area contributed by atoms with Gasteiger partial charge in [0.2, 0.25) is 0 Å². The van der Waals surface area contributed by atoms with E-state index in [1.807, 2.05) is 22.8 Å². The lowest BCUT2D eigenvalue weighted by molar-refractivity contribution is 0.342. The van der Waals surface area contributed by atoms with E-state index in [1.165, 1.54) is 6.20 Å². The zero-order valence-corrected chi connectivity index (χ0v) is 13.9. The van der Waals surface area contributed by atoms with E-state index in [1.54, 1.807) is 23.9 Å². The van der Waals surface area contributed by atoms with Crippen molar-refractivity contribution in [1.82, 2.24) is 14.1 Å². The molecule has 0 aliphatic carbocycles. The summed E-state index contributed by atoms with van der Waals surface area (Å²) in [6.45, 7) is 7.01. The largest absolute Gasteiger partial charge is 0.506 e. The van der Waals surface area contributed by atoms with Crippen LogP contribution in [0.15, 0.2) is 41.5 Å². The first-order valence-corrected chi connectivity index (χ1v) is 7.60. The van der Waals surface area contributed by atoms with Gasteiger partial charge in [-0.2, -0.15) is 0 Å². The van der Waals surface area contributed by atoms with Crippen molar-refractivity contribution in [3.8, 4) is 16.9 Å². The van der Waals surface area contributed by atoms with E-state index < -0.39 is 0 Å². The molecule has 1 aromatic carbocycles. The zero-order valence-electron chi connectivity index (χ0n) is 13.9. The lowest BCUT2D eigenvalue weighted by atomic mass is 9.97. The SMILES string of the molecule is Cn1c(=O)n(CC(C)(C)C)c2ccc(-c3cncc(O)c3)cc21. The molecule has 2 aromatic heterocycles. The standard InChI is InChI=1S/C18H21N3O2/c1-18(2,3)11-21-15-6-5-12(8-16(15)20(4)17(21)23)13-7-14(22)10-19-9-13/h5-10,22H,11H2,1-4H3. The molecule has 1 N–H and O–H groups in total. The third-order valence-electron chi connectivity index (χ3n) is 3.83. The highest BCUT2D eigenvalue weighted by Crippen LogP contribution is 2.26. The zero-order chi connectivity index (χ0) is 16.8. The lowest BCUT2D eigenvalue weighted by Crippen LogP contribution is -2.27. The molecule has 0 amide bonds. The molecular formula is C18H21N3O2. The number of fused-ring (bicyclic) bond motifs is 1. The van der Waals surface area contributed by atoms with Gasteiger partial charge in [-0.3, -0.25) is 14.1 Å². The van der Waals surface area contributed by atoms with Gasteiger partial charge in [0.1, 0.15) is 5.75 Å². The fourth-order valence-corrected chi connectivity index (χ4v) is 2.80. The van der Waals surface area contributed by atoms with Gasteiger partial charge in [-0.25, -0.2) is 4.79 Å². The normalized spacial score (nSPS) is 12.0. The first-order valence-electron chi connectivity index (χ1n) is 7.60. The molecule has 5 nitrogen and oxygen atoms in total. The number of aromatic nitrogens is 3. The molecule has 0 saturated heterocycles. The fraction of sp³-hybridized carbons (Fsp3) is 0.333. The van der Waals surface area contributed by atoms with E-state index in [-0.39, 0.29) is 16.9 Å². The monoisotopic (exact) mass is 311 g/mol. The Morgan fingerprint density at radius 1 is 1.09 bits per heavy atom. The summed E-state index contributed by atoms with van der Waals surface area (Å²) in [7, 11) is 1.79. The quantitative estimate of drug-likeness (QED) is 0.791. The van der Waals surface area contributed by atoms with Gasteiger partial charge < -0.3 is 5.11 Å². The molecule has 5 heteroatoms. The number of imidazole rings is 1. The van der Waals surface area contributed by atoms with Gasteiger partial charge in [-0.1, -0.05) is 26.8 Å². The van der Waals surface area contributed by atoms with Gasteiger partial charge in [-0.05, 0) is 29.2 Å². The Morgan fingerprint density at radius 2 is 1.83 bits per heavy atom. The molecule has 0 bridgehead atoms. The van der Waals surface area contributed by atoms with Crippen LogP contribution in [0.25, 0.3) is 22.2 Å². The highest BCUT2D eigenvalue weighted by molar-refractivity contribution is 5.82. The van der Waals surface area contributed by atoms with Gasteiger partial charge in [0.15, 0.2) is 0 Å². The maximum absolute atomic E-state index is 12.5. The van der Waals surface area contributed by atoms with Crippen LogP contribution in [-0.4, -0.2) is 19.2 Å². The van der Waals surface area contributed by atoms with Crippen LogP contribution in [0.3, 0.4) is 0 Å². The summed E-state index contributed by atoms with van der Waals surface area (Å²) in [5.41, 5.74) is 3.55. The van der Waals surface area contributed by atoms with Gasteiger partial charge in [0, 0.05) is 25.4 Å². The van der Waals surface area contributed by atoms with Crippen molar-refractivity contribution in [2.24, 2.45) is 12.5 Å². The molecular weight excluding hydrogens is 290 g/mol. The third-order valence-corrected chi connectivity index (χ3v) is 3.83. The van der Waals surface area contributed by atoms with Crippen molar-refractivity contribution in [3.05, 3.63) is 47.1 Å². The van der Waals surface area contributed by atoms with E-state index in [4.69, 9.17) is 0 Å². The topological polar surface area (TPSA) is 60.0 Å². The summed E-state index contributed by atoms with van der Waals surface area (Å²) in [5.74, 6) is 0.127. The maximum Gasteiger partial charge on any atom is 0.328 e.